The molecule has 1 fully saturated rings. The molecule has 1 amide bonds. The van der Waals surface area contributed by atoms with E-state index < -0.39 is 10.0 Å². The second-order valence-corrected chi connectivity index (χ2v) is 7.16. The summed E-state index contributed by atoms with van der Waals surface area (Å²) in [5.41, 5.74) is 0.311. The quantitative estimate of drug-likeness (QED) is 0.834. The van der Waals surface area contributed by atoms with Crippen LogP contribution in [0.15, 0.2) is 15.7 Å². The van der Waals surface area contributed by atoms with Crippen LogP contribution in [0.3, 0.4) is 0 Å². The van der Waals surface area contributed by atoms with Crippen LogP contribution in [0, 0.1) is 0 Å². The lowest BCUT2D eigenvalue weighted by molar-refractivity contribution is -0.00461. The van der Waals surface area contributed by atoms with E-state index in [-0.39, 0.29) is 22.3 Å². The molecule has 7 nitrogen and oxygen atoms in total. The number of ether oxygens (including phenoxy) is 2. The van der Waals surface area contributed by atoms with Crippen LogP contribution in [-0.2, 0) is 19.5 Å². The molecule has 112 valence electrons. The van der Waals surface area contributed by atoms with Crippen molar-refractivity contribution in [2.75, 3.05) is 27.3 Å². The topological polar surface area (TPSA) is 98.9 Å². The third-order valence-electron chi connectivity index (χ3n) is 3.21. The Morgan fingerprint density at radius 2 is 1.90 bits per heavy atom. The van der Waals surface area contributed by atoms with Crippen molar-refractivity contribution in [2.24, 2.45) is 5.14 Å². The van der Waals surface area contributed by atoms with Gasteiger partial charge >= 0.3 is 0 Å². The minimum atomic E-state index is -3.77. The van der Waals surface area contributed by atoms with Crippen LogP contribution in [0.4, 0.5) is 0 Å². The summed E-state index contributed by atoms with van der Waals surface area (Å²) in [6.07, 6.45) is -0.361. The van der Waals surface area contributed by atoms with E-state index in [2.05, 4.69) is 0 Å². The summed E-state index contributed by atoms with van der Waals surface area (Å²) >= 11 is 0.934. The molecule has 0 spiro atoms. The molecule has 2 rings (SSSR count). The normalized spacial score (nSPS) is 23.2. The van der Waals surface area contributed by atoms with Gasteiger partial charge in [0.15, 0.2) is 0 Å². The maximum absolute atomic E-state index is 12.3. The number of nitrogens with zero attached hydrogens (tertiary/aromatic N) is 1. The summed E-state index contributed by atoms with van der Waals surface area (Å²) in [7, 11) is -0.644. The number of hydrogen-bond donors (Lipinski definition) is 1. The zero-order valence-electron chi connectivity index (χ0n) is 11.1. The SMILES string of the molecule is COC1CN(C(=O)c2csc(S(N)(=O)=O)c2)CC1OC. The molecule has 0 saturated carbocycles. The van der Waals surface area contributed by atoms with Gasteiger partial charge in [-0.25, -0.2) is 13.6 Å². The highest BCUT2D eigenvalue weighted by molar-refractivity contribution is 7.91. The molecule has 2 unspecified atom stereocenters. The van der Waals surface area contributed by atoms with Gasteiger partial charge in [0.05, 0.1) is 5.56 Å². The summed E-state index contributed by atoms with van der Waals surface area (Å²) in [4.78, 5) is 13.9. The molecule has 2 heterocycles. The van der Waals surface area contributed by atoms with E-state index in [1.807, 2.05) is 0 Å². The Morgan fingerprint density at radius 3 is 2.30 bits per heavy atom. The van der Waals surface area contributed by atoms with E-state index in [1.165, 1.54) is 11.4 Å². The average Bonchev–Trinajstić information content (AvgIpc) is 3.03. The number of hydrogen-bond acceptors (Lipinski definition) is 6. The van der Waals surface area contributed by atoms with Crippen molar-refractivity contribution >= 4 is 27.3 Å². The zero-order chi connectivity index (χ0) is 14.9. The third kappa shape index (κ3) is 3.01. The van der Waals surface area contributed by atoms with Gasteiger partial charge in [0.25, 0.3) is 5.91 Å². The molecule has 0 radical (unpaired) electrons. The van der Waals surface area contributed by atoms with Gasteiger partial charge in [-0.2, -0.15) is 0 Å². The van der Waals surface area contributed by atoms with Gasteiger partial charge in [0.2, 0.25) is 10.0 Å². The number of rotatable bonds is 4. The Bertz CT molecular complexity index is 586. The van der Waals surface area contributed by atoms with E-state index >= 15 is 0 Å². The molecule has 0 bridgehead atoms. The average molecular weight is 320 g/mol. The van der Waals surface area contributed by atoms with E-state index in [4.69, 9.17) is 14.6 Å². The van der Waals surface area contributed by atoms with Gasteiger partial charge in [-0.15, -0.1) is 11.3 Å². The molecule has 9 heteroatoms. The fourth-order valence-electron chi connectivity index (χ4n) is 2.12. The van der Waals surface area contributed by atoms with E-state index in [1.54, 1.807) is 19.1 Å². The second-order valence-electron chi connectivity index (χ2n) is 4.46. The van der Waals surface area contributed by atoms with Gasteiger partial charge in [0, 0.05) is 32.7 Å². The number of thiophene rings is 1. The molecule has 20 heavy (non-hydrogen) atoms. The lowest BCUT2D eigenvalue weighted by Gasteiger charge is -2.14. The van der Waals surface area contributed by atoms with Gasteiger partial charge in [0.1, 0.15) is 16.4 Å². The number of likely N-dealkylation sites (tertiary alicyclic amines) is 1. The first-order valence-corrected chi connectivity index (χ1v) is 8.25. The smallest absolute Gasteiger partial charge is 0.254 e. The largest absolute Gasteiger partial charge is 0.377 e. The highest BCUT2D eigenvalue weighted by atomic mass is 32.2. The first-order valence-electron chi connectivity index (χ1n) is 5.83. The number of carbonyl (C=O) groups excluding carboxylic acids is 1. The molecule has 1 saturated heterocycles. The number of carbonyl (C=O) groups is 1. The Labute approximate surface area is 121 Å². The fourth-order valence-corrected chi connectivity index (χ4v) is 3.70. The molecule has 2 atom stereocenters. The fraction of sp³-hybridized carbons (Fsp3) is 0.545. The lowest BCUT2D eigenvalue weighted by Crippen LogP contribution is -2.29. The number of sulfonamides is 1. The summed E-state index contributed by atoms with van der Waals surface area (Å²) in [6.45, 7) is 0.822. The maximum atomic E-state index is 12.3. The predicted molar refractivity (Wildman–Crippen MR) is 73.2 cm³/mol. The van der Waals surface area contributed by atoms with Crippen LogP contribution in [-0.4, -0.2) is 58.7 Å². The molecule has 1 aliphatic heterocycles. The Kier molecular flexibility index (Phi) is 4.45. The minimum Gasteiger partial charge on any atom is -0.377 e. The van der Waals surface area contributed by atoms with Crippen LogP contribution in [0.25, 0.3) is 0 Å². The number of amides is 1. The van der Waals surface area contributed by atoms with Gasteiger partial charge in [-0.1, -0.05) is 0 Å². The van der Waals surface area contributed by atoms with Crippen molar-refractivity contribution in [1.82, 2.24) is 4.90 Å². The van der Waals surface area contributed by atoms with Crippen LogP contribution in [0.5, 0.6) is 0 Å². The standard InChI is InChI=1S/C11H16N2O5S2/c1-17-8-4-13(5-9(8)18-2)11(14)7-3-10(19-6-7)20(12,15)16/h3,6,8-9H,4-5H2,1-2H3,(H2,12,15,16). The monoisotopic (exact) mass is 320 g/mol. The maximum Gasteiger partial charge on any atom is 0.254 e. The molecule has 1 aromatic heterocycles. The molecule has 2 N–H and O–H groups in total. The van der Waals surface area contributed by atoms with Crippen molar-refractivity contribution in [2.45, 2.75) is 16.4 Å². The minimum absolute atomic E-state index is 0.0216. The molecule has 0 aliphatic carbocycles. The zero-order valence-corrected chi connectivity index (χ0v) is 12.7. The molecular formula is C11H16N2O5S2. The highest BCUT2D eigenvalue weighted by Crippen LogP contribution is 2.23. The van der Waals surface area contributed by atoms with Gasteiger partial charge in [-0.3, -0.25) is 4.79 Å². The first-order chi connectivity index (χ1) is 9.36. The molecule has 0 aromatic carbocycles. The summed E-state index contributed by atoms with van der Waals surface area (Å²) in [5, 5.41) is 6.52. The molecule has 1 aromatic rings. The molecular weight excluding hydrogens is 304 g/mol. The lowest BCUT2D eigenvalue weighted by atomic mass is 10.3. The van der Waals surface area contributed by atoms with Crippen LogP contribution in [0.2, 0.25) is 0 Å². The van der Waals surface area contributed by atoms with Crippen molar-refractivity contribution in [3.05, 3.63) is 17.0 Å². The Balaban J connectivity index is 2.15. The van der Waals surface area contributed by atoms with Crippen LogP contribution < -0.4 is 5.14 Å². The summed E-state index contributed by atoms with van der Waals surface area (Å²) in [6, 6.07) is 1.30. The van der Waals surface area contributed by atoms with Gasteiger partial charge in [-0.05, 0) is 6.07 Å². The van der Waals surface area contributed by atoms with Crippen LogP contribution >= 0.6 is 11.3 Å². The van der Waals surface area contributed by atoms with Crippen LogP contribution in [0.1, 0.15) is 10.4 Å². The van der Waals surface area contributed by atoms with Crippen molar-refractivity contribution in [3.8, 4) is 0 Å². The summed E-state index contributed by atoms with van der Waals surface area (Å²) < 4.78 is 32.9. The molecule has 1 aliphatic rings. The Hall–Kier alpha value is -1.00. The predicted octanol–water partition coefficient (Wildman–Crippen LogP) is -0.119. The second kappa shape index (κ2) is 5.78. The highest BCUT2D eigenvalue weighted by Gasteiger charge is 2.36. The number of methoxy groups -OCH3 is 2. The van der Waals surface area contributed by atoms with E-state index in [9.17, 15) is 13.2 Å². The van der Waals surface area contributed by atoms with E-state index in [0.717, 1.165) is 11.3 Å². The van der Waals surface area contributed by atoms with Gasteiger partial charge < -0.3 is 14.4 Å². The summed E-state index contributed by atoms with van der Waals surface area (Å²) in [5.74, 6) is -0.252. The van der Waals surface area contributed by atoms with E-state index in [0.29, 0.717) is 18.7 Å². The number of primary sulfonamides is 1. The van der Waals surface area contributed by atoms with Crippen molar-refractivity contribution < 1.29 is 22.7 Å². The Morgan fingerprint density at radius 1 is 1.35 bits per heavy atom. The van der Waals surface area contributed by atoms with Crippen molar-refractivity contribution in [3.63, 3.8) is 0 Å². The first kappa shape index (κ1) is 15.4. The van der Waals surface area contributed by atoms with Crippen molar-refractivity contribution in [1.29, 1.82) is 0 Å². The number of nitrogens with two attached hydrogens (primary N) is 1. The third-order valence-corrected chi connectivity index (χ3v) is 5.60.